The first-order chi connectivity index (χ1) is 12.7. The van der Waals surface area contributed by atoms with Gasteiger partial charge in [0.25, 0.3) is 0 Å². The van der Waals surface area contributed by atoms with E-state index in [9.17, 15) is 8.78 Å². The van der Waals surface area contributed by atoms with Gasteiger partial charge in [0.15, 0.2) is 11.6 Å². The largest absolute Gasteiger partial charge is 0.315 e. The van der Waals surface area contributed by atoms with Crippen LogP contribution >= 0.6 is 12.1 Å². The van der Waals surface area contributed by atoms with E-state index in [0.717, 1.165) is 57.1 Å². The van der Waals surface area contributed by atoms with E-state index in [1.165, 1.54) is 30.3 Å². The first-order valence-corrected chi connectivity index (χ1v) is 9.69. The number of hydrogen-bond donors (Lipinski definition) is 1. The molecule has 1 saturated heterocycles. The van der Waals surface area contributed by atoms with Crippen molar-refractivity contribution in [2.24, 2.45) is 0 Å². The van der Waals surface area contributed by atoms with Crippen LogP contribution in [-0.4, -0.2) is 44.2 Å². The average Bonchev–Trinajstić information content (AvgIpc) is 2.81. The number of anilines is 3. The van der Waals surface area contributed by atoms with E-state index in [0.29, 0.717) is 0 Å². The highest BCUT2D eigenvalue weighted by atomic mass is 32.2. The summed E-state index contributed by atoms with van der Waals surface area (Å²) < 4.78 is 32.4. The lowest BCUT2D eigenvalue weighted by molar-refractivity contribution is 0.302. The van der Waals surface area contributed by atoms with Crippen LogP contribution in [0.1, 0.15) is 6.42 Å². The molecule has 2 aromatic rings. The van der Waals surface area contributed by atoms with Crippen LogP contribution < -0.4 is 13.9 Å². The van der Waals surface area contributed by atoms with Crippen LogP contribution in [0.25, 0.3) is 0 Å². The molecule has 0 radical (unpaired) electrons. The lowest BCUT2D eigenvalue weighted by atomic mass is 10.2. The molecule has 0 bridgehead atoms. The summed E-state index contributed by atoms with van der Waals surface area (Å²) in [5.41, 5.74) is 1.80. The normalized spacial score (nSPS) is 18.1. The molecular formula is C19H22F2N4S. The fourth-order valence-electron chi connectivity index (χ4n) is 3.40. The SMILES string of the molecule is Fc1cccc(F)c1N1SN(CCN2CCCNCC2)c2ccccc21. The van der Waals surface area contributed by atoms with Gasteiger partial charge in [-0.05, 0) is 43.8 Å². The highest BCUT2D eigenvalue weighted by Crippen LogP contribution is 2.49. The molecule has 2 aliphatic rings. The standard InChI is InChI=1S/C19H22F2N4S/c20-15-5-3-6-16(21)19(15)25-18-8-2-1-7-17(18)24(26-25)14-13-23-11-4-9-22-10-12-23/h1-3,5-8,22H,4,9-14H2. The molecule has 138 valence electrons. The first-order valence-electron chi connectivity index (χ1n) is 8.96. The molecule has 0 amide bonds. The van der Waals surface area contributed by atoms with E-state index in [4.69, 9.17) is 0 Å². The predicted octanol–water partition coefficient (Wildman–Crippen LogP) is 3.78. The third-order valence-electron chi connectivity index (χ3n) is 4.74. The van der Waals surface area contributed by atoms with Gasteiger partial charge in [-0.1, -0.05) is 18.2 Å². The molecule has 1 fully saturated rings. The Bertz CT molecular complexity index is 745. The Morgan fingerprint density at radius 2 is 1.65 bits per heavy atom. The monoisotopic (exact) mass is 376 g/mol. The van der Waals surface area contributed by atoms with E-state index < -0.39 is 11.6 Å². The zero-order valence-electron chi connectivity index (χ0n) is 14.5. The van der Waals surface area contributed by atoms with E-state index in [1.807, 2.05) is 24.3 Å². The molecule has 0 spiro atoms. The molecule has 0 saturated carbocycles. The van der Waals surface area contributed by atoms with Crippen molar-refractivity contribution in [1.82, 2.24) is 10.2 Å². The van der Waals surface area contributed by atoms with Crippen LogP contribution in [0.3, 0.4) is 0 Å². The van der Waals surface area contributed by atoms with Crippen LogP contribution in [0.5, 0.6) is 0 Å². The first kappa shape index (κ1) is 17.6. The summed E-state index contributed by atoms with van der Waals surface area (Å²) in [6.07, 6.45) is 1.15. The fourth-order valence-corrected chi connectivity index (χ4v) is 4.50. The molecule has 0 atom stereocenters. The van der Waals surface area contributed by atoms with Crippen molar-refractivity contribution in [1.29, 1.82) is 0 Å². The maximum atomic E-state index is 14.3. The van der Waals surface area contributed by atoms with E-state index in [1.54, 1.807) is 4.31 Å². The average molecular weight is 376 g/mol. The van der Waals surface area contributed by atoms with Crippen molar-refractivity contribution in [2.75, 3.05) is 47.9 Å². The van der Waals surface area contributed by atoms with E-state index in [2.05, 4.69) is 14.5 Å². The second-order valence-electron chi connectivity index (χ2n) is 6.48. The number of para-hydroxylation sites is 3. The molecule has 0 unspecified atom stereocenters. The quantitative estimate of drug-likeness (QED) is 0.818. The van der Waals surface area contributed by atoms with E-state index in [-0.39, 0.29) is 5.69 Å². The second-order valence-corrected chi connectivity index (χ2v) is 7.45. The van der Waals surface area contributed by atoms with Crippen LogP contribution in [0.4, 0.5) is 25.8 Å². The Balaban J connectivity index is 1.55. The number of rotatable bonds is 4. The van der Waals surface area contributed by atoms with Gasteiger partial charge in [-0.2, -0.15) is 0 Å². The van der Waals surface area contributed by atoms with Crippen LogP contribution in [0, 0.1) is 11.6 Å². The highest BCUT2D eigenvalue weighted by Gasteiger charge is 2.31. The molecular weight excluding hydrogens is 354 g/mol. The molecule has 2 aliphatic heterocycles. The maximum absolute atomic E-state index is 14.3. The number of halogens is 2. The molecule has 4 rings (SSSR count). The lowest BCUT2D eigenvalue weighted by Crippen LogP contribution is -2.34. The third-order valence-corrected chi connectivity index (χ3v) is 5.86. The number of benzene rings is 2. The Morgan fingerprint density at radius 1 is 0.885 bits per heavy atom. The zero-order valence-corrected chi connectivity index (χ0v) is 15.3. The molecule has 7 heteroatoms. The Kier molecular flexibility index (Phi) is 5.28. The van der Waals surface area contributed by atoms with Crippen LogP contribution in [0.15, 0.2) is 42.5 Å². The summed E-state index contributed by atoms with van der Waals surface area (Å²) in [5.74, 6) is -1.10. The van der Waals surface area contributed by atoms with Crippen LogP contribution in [0.2, 0.25) is 0 Å². The molecule has 0 aromatic heterocycles. The topological polar surface area (TPSA) is 21.8 Å². The number of nitrogens with one attached hydrogen (secondary N) is 1. The minimum atomic E-state index is -0.548. The maximum Gasteiger partial charge on any atom is 0.150 e. The summed E-state index contributed by atoms with van der Waals surface area (Å²) in [6, 6.07) is 11.8. The Labute approximate surface area is 157 Å². The van der Waals surface area contributed by atoms with Gasteiger partial charge in [0.05, 0.1) is 23.5 Å². The zero-order chi connectivity index (χ0) is 17.9. The molecule has 4 nitrogen and oxygen atoms in total. The number of hydrogen-bond acceptors (Lipinski definition) is 5. The van der Waals surface area contributed by atoms with Crippen LogP contribution in [-0.2, 0) is 0 Å². The molecule has 1 N–H and O–H groups in total. The van der Waals surface area contributed by atoms with Crippen molar-refractivity contribution < 1.29 is 8.78 Å². The van der Waals surface area contributed by atoms with Crippen molar-refractivity contribution in [2.45, 2.75) is 6.42 Å². The molecule has 26 heavy (non-hydrogen) atoms. The van der Waals surface area contributed by atoms with Gasteiger partial charge in [0.1, 0.15) is 5.69 Å². The van der Waals surface area contributed by atoms with Gasteiger partial charge in [-0.25, -0.2) is 8.78 Å². The van der Waals surface area contributed by atoms with Crippen molar-refractivity contribution in [3.63, 3.8) is 0 Å². The summed E-state index contributed by atoms with van der Waals surface area (Å²) >= 11 is 1.36. The molecule has 2 heterocycles. The van der Waals surface area contributed by atoms with Gasteiger partial charge < -0.3 is 10.2 Å². The number of fused-ring (bicyclic) bond motifs is 1. The molecule has 2 aromatic carbocycles. The minimum Gasteiger partial charge on any atom is -0.315 e. The summed E-state index contributed by atoms with van der Waals surface area (Å²) in [7, 11) is 0. The third kappa shape index (κ3) is 3.51. The van der Waals surface area contributed by atoms with E-state index >= 15 is 0 Å². The highest BCUT2D eigenvalue weighted by molar-refractivity contribution is 8.02. The smallest absolute Gasteiger partial charge is 0.150 e. The van der Waals surface area contributed by atoms with Gasteiger partial charge >= 0.3 is 0 Å². The second kappa shape index (κ2) is 7.82. The molecule has 0 aliphatic carbocycles. The predicted molar refractivity (Wildman–Crippen MR) is 104 cm³/mol. The van der Waals surface area contributed by atoms with Crippen molar-refractivity contribution in [3.8, 4) is 0 Å². The number of nitrogens with zero attached hydrogens (tertiary/aromatic N) is 3. The minimum absolute atomic E-state index is 0.00794. The lowest BCUT2D eigenvalue weighted by Gasteiger charge is -2.24. The Hall–Kier alpha value is -1.83. The van der Waals surface area contributed by atoms with Gasteiger partial charge in [0, 0.05) is 26.2 Å². The van der Waals surface area contributed by atoms with Crippen molar-refractivity contribution in [3.05, 3.63) is 54.1 Å². The summed E-state index contributed by atoms with van der Waals surface area (Å²) in [4.78, 5) is 2.44. The summed E-state index contributed by atoms with van der Waals surface area (Å²) in [5, 5.41) is 3.41. The fraction of sp³-hybridized carbons (Fsp3) is 0.368. The van der Waals surface area contributed by atoms with Gasteiger partial charge in [-0.15, -0.1) is 0 Å². The van der Waals surface area contributed by atoms with Gasteiger partial charge in [-0.3, -0.25) is 8.61 Å². The van der Waals surface area contributed by atoms with Crippen molar-refractivity contribution >= 4 is 29.2 Å². The van der Waals surface area contributed by atoms with Gasteiger partial charge in [0.2, 0.25) is 0 Å². The summed E-state index contributed by atoms with van der Waals surface area (Å²) in [6.45, 7) is 5.92. The Morgan fingerprint density at radius 3 is 2.46 bits per heavy atom.